The Morgan fingerprint density at radius 1 is 1.32 bits per heavy atom. The molecule has 1 fully saturated rings. The molecule has 2 rings (SSSR count). The third-order valence-electron chi connectivity index (χ3n) is 4.28. The van der Waals surface area contributed by atoms with Gasteiger partial charge >= 0.3 is 0 Å². The zero-order valence-electron chi connectivity index (χ0n) is 12.6. The number of nitrogens with one attached hydrogen (secondary N) is 1. The summed E-state index contributed by atoms with van der Waals surface area (Å²) >= 11 is 0. The Kier molecular flexibility index (Phi) is 5.93. The quantitative estimate of drug-likeness (QED) is 0.763. The van der Waals surface area contributed by atoms with Crippen LogP contribution in [0.15, 0.2) is 18.5 Å². The molecule has 0 spiro atoms. The Balaban J connectivity index is 1.53. The van der Waals surface area contributed by atoms with E-state index in [9.17, 15) is 0 Å². The van der Waals surface area contributed by atoms with Crippen LogP contribution in [0.1, 0.15) is 44.1 Å². The lowest BCUT2D eigenvalue weighted by atomic mass is 9.94. The smallest absolute Gasteiger partial charge is 0.0220 e. The van der Waals surface area contributed by atoms with Crippen molar-refractivity contribution in [3.8, 4) is 0 Å². The predicted octanol–water partition coefficient (Wildman–Crippen LogP) is 2.77. The van der Waals surface area contributed by atoms with Gasteiger partial charge < -0.3 is 14.8 Å². The lowest BCUT2D eigenvalue weighted by molar-refractivity contribution is 0.189. The fourth-order valence-corrected chi connectivity index (χ4v) is 3.06. The molecule has 1 heterocycles. The minimum atomic E-state index is 0.850. The monoisotopic (exact) mass is 263 g/mol. The van der Waals surface area contributed by atoms with Crippen LogP contribution in [-0.4, -0.2) is 35.6 Å². The second-order valence-electron chi connectivity index (χ2n) is 5.99. The summed E-state index contributed by atoms with van der Waals surface area (Å²) in [4.78, 5) is 2.57. The van der Waals surface area contributed by atoms with Gasteiger partial charge in [0.1, 0.15) is 0 Å². The number of rotatable bonds is 7. The van der Waals surface area contributed by atoms with Crippen LogP contribution in [0.25, 0.3) is 0 Å². The average molecular weight is 263 g/mol. The van der Waals surface area contributed by atoms with Crippen molar-refractivity contribution in [2.75, 3.05) is 20.1 Å². The molecule has 19 heavy (non-hydrogen) atoms. The largest absolute Gasteiger partial charge is 0.357 e. The Morgan fingerprint density at radius 2 is 2.11 bits per heavy atom. The van der Waals surface area contributed by atoms with Crippen molar-refractivity contribution in [3.63, 3.8) is 0 Å². The van der Waals surface area contributed by atoms with Crippen LogP contribution < -0.4 is 5.32 Å². The highest BCUT2D eigenvalue weighted by atomic mass is 15.1. The molecule has 1 N–H and O–H groups in total. The van der Waals surface area contributed by atoms with E-state index in [1.165, 1.54) is 50.6 Å². The zero-order valence-corrected chi connectivity index (χ0v) is 12.6. The van der Waals surface area contributed by atoms with E-state index in [2.05, 4.69) is 47.3 Å². The number of aryl methyl sites for hydroxylation is 1. The van der Waals surface area contributed by atoms with Crippen LogP contribution in [0.4, 0.5) is 0 Å². The van der Waals surface area contributed by atoms with Gasteiger partial charge in [-0.3, -0.25) is 0 Å². The highest BCUT2D eigenvalue weighted by Crippen LogP contribution is 2.21. The van der Waals surface area contributed by atoms with Crippen LogP contribution in [0.5, 0.6) is 0 Å². The lowest BCUT2D eigenvalue weighted by Gasteiger charge is -2.31. The molecule has 1 aromatic rings. The second-order valence-corrected chi connectivity index (χ2v) is 5.99. The van der Waals surface area contributed by atoms with Gasteiger partial charge in [-0.25, -0.2) is 0 Å². The van der Waals surface area contributed by atoms with Crippen LogP contribution >= 0.6 is 0 Å². The summed E-state index contributed by atoms with van der Waals surface area (Å²) in [5, 5.41) is 3.53. The maximum absolute atomic E-state index is 3.53. The van der Waals surface area contributed by atoms with Gasteiger partial charge in [0.2, 0.25) is 0 Å². The number of nitrogens with zero attached hydrogens (tertiary/aromatic N) is 2. The van der Waals surface area contributed by atoms with Gasteiger partial charge in [-0.05, 0) is 51.0 Å². The highest BCUT2D eigenvalue weighted by molar-refractivity contribution is 5.09. The zero-order chi connectivity index (χ0) is 13.5. The molecular formula is C16H29N3. The van der Waals surface area contributed by atoms with E-state index in [4.69, 9.17) is 0 Å². The summed E-state index contributed by atoms with van der Waals surface area (Å²) in [5.74, 6) is 0. The highest BCUT2D eigenvalue weighted by Gasteiger charge is 2.16. The van der Waals surface area contributed by atoms with Crippen molar-refractivity contribution >= 4 is 0 Å². The Hall–Kier alpha value is -0.800. The van der Waals surface area contributed by atoms with Crippen LogP contribution in [0.3, 0.4) is 0 Å². The van der Waals surface area contributed by atoms with Crippen molar-refractivity contribution in [3.05, 3.63) is 24.0 Å². The SMILES string of the molecule is CN(CCCNCc1ccn(C)c1)C1CCCCC1. The number of hydrogen-bond donors (Lipinski definition) is 1. The van der Waals surface area contributed by atoms with Gasteiger partial charge in [0, 0.05) is 32.0 Å². The maximum Gasteiger partial charge on any atom is 0.0220 e. The van der Waals surface area contributed by atoms with E-state index in [-0.39, 0.29) is 0 Å². The summed E-state index contributed by atoms with van der Waals surface area (Å²) in [7, 11) is 4.37. The van der Waals surface area contributed by atoms with Crippen molar-refractivity contribution in [2.45, 2.75) is 51.1 Å². The molecule has 1 saturated carbocycles. The topological polar surface area (TPSA) is 20.2 Å². The van der Waals surface area contributed by atoms with Crippen molar-refractivity contribution in [2.24, 2.45) is 7.05 Å². The molecule has 1 aromatic heterocycles. The van der Waals surface area contributed by atoms with Gasteiger partial charge in [-0.1, -0.05) is 19.3 Å². The number of aromatic nitrogens is 1. The summed E-state index contributed by atoms with van der Waals surface area (Å²) in [5.41, 5.74) is 1.38. The molecule has 3 heteroatoms. The van der Waals surface area contributed by atoms with E-state index >= 15 is 0 Å². The second kappa shape index (κ2) is 7.71. The summed E-state index contributed by atoms with van der Waals surface area (Å²) in [6.07, 6.45) is 12.7. The Morgan fingerprint density at radius 3 is 2.79 bits per heavy atom. The molecule has 1 aliphatic carbocycles. The lowest BCUT2D eigenvalue weighted by Crippen LogP contribution is -2.35. The van der Waals surface area contributed by atoms with Crippen molar-refractivity contribution in [1.29, 1.82) is 0 Å². The summed E-state index contributed by atoms with van der Waals surface area (Å²) in [6, 6.07) is 3.03. The molecule has 0 bridgehead atoms. The van der Waals surface area contributed by atoms with E-state index in [1.807, 2.05) is 0 Å². The van der Waals surface area contributed by atoms with E-state index in [0.29, 0.717) is 0 Å². The molecule has 108 valence electrons. The van der Waals surface area contributed by atoms with Gasteiger partial charge in [0.25, 0.3) is 0 Å². The summed E-state index contributed by atoms with van der Waals surface area (Å²) in [6.45, 7) is 3.34. The third-order valence-corrected chi connectivity index (χ3v) is 4.28. The average Bonchev–Trinajstić information content (AvgIpc) is 2.85. The van der Waals surface area contributed by atoms with Crippen LogP contribution in [0, 0.1) is 0 Å². The van der Waals surface area contributed by atoms with E-state index < -0.39 is 0 Å². The first-order valence-corrected chi connectivity index (χ1v) is 7.77. The van der Waals surface area contributed by atoms with E-state index in [1.54, 1.807) is 0 Å². The normalized spacial score (nSPS) is 17.2. The molecular weight excluding hydrogens is 234 g/mol. The molecule has 0 aromatic carbocycles. The molecule has 0 atom stereocenters. The van der Waals surface area contributed by atoms with Crippen LogP contribution in [0.2, 0.25) is 0 Å². The van der Waals surface area contributed by atoms with Crippen molar-refractivity contribution < 1.29 is 0 Å². The van der Waals surface area contributed by atoms with Crippen molar-refractivity contribution in [1.82, 2.24) is 14.8 Å². The molecule has 1 aliphatic rings. The van der Waals surface area contributed by atoms with Gasteiger partial charge in [0.05, 0.1) is 0 Å². The van der Waals surface area contributed by atoms with Gasteiger partial charge in [-0.2, -0.15) is 0 Å². The molecule has 0 amide bonds. The fraction of sp³-hybridized carbons (Fsp3) is 0.750. The fourth-order valence-electron chi connectivity index (χ4n) is 3.06. The molecule has 3 nitrogen and oxygen atoms in total. The Labute approximate surface area is 118 Å². The standard InChI is InChI=1S/C16H29N3/c1-18-12-9-15(14-18)13-17-10-6-11-19(2)16-7-4-3-5-8-16/h9,12,14,16-17H,3-8,10-11,13H2,1-2H3. The van der Waals surface area contributed by atoms with Crippen LogP contribution in [-0.2, 0) is 13.6 Å². The van der Waals surface area contributed by atoms with E-state index in [0.717, 1.165) is 19.1 Å². The molecule has 0 saturated heterocycles. The minimum Gasteiger partial charge on any atom is -0.357 e. The Bertz CT molecular complexity index is 353. The first-order valence-electron chi connectivity index (χ1n) is 7.77. The first kappa shape index (κ1) is 14.6. The third kappa shape index (κ3) is 5.00. The summed E-state index contributed by atoms with van der Waals surface area (Å²) < 4.78 is 2.11. The minimum absolute atomic E-state index is 0.850. The predicted molar refractivity (Wildman–Crippen MR) is 81.2 cm³/mol. The molecule has 0 aliphatic heterocycles. The van der Waals surface area contributed by atoms with Gasteiger partial charge in [-0.15, -0.1) is 0 Å². The maximum atomic E-state index is 3.53. The molecule has 0 radical (unpaired) electrons. The van der Waals surface area contributed by atoms with Gasteiger partial charge in [0.15, 0.2) is 0 Å². The molecule has 0 unspecified atom stereocenters. The number of hydrogen-bond acceptors (Lipinski definition) is 2. The first-order chi connectivity index (χ1) is 9.25.